The van der Waals surface area contributed by atoms with Gasteiger partial charge in [0.25, 0.3) is 0 Å². The lowest BCUT2D eigenvalue weighted by molar-refractivity contribution is -0.135. The Balaban J connectivity index is 1.28. The van der Waals surface area contributed by atoms with Gasteiger partial charge >= 0.3 is 0 Å². The first-order valence-electron chi connectivity index (χ1n) is 32.2. The molecule has 0 radical (unpaired) electrons. The van der Waals surface area contributed by atoms with Crippen LogP contribution in [0.15, 0.2) is 106 Å². The molecule has 8 amide bonds. The number of hydrogen-bond donors (Lipinski definition) is 18. The summed E-state index contributed by atoms with van der Waals surface area (Å²) in [5.74, 6) is -6.03. The Morgan fingerprint density at radius 2 is 0.755 bits per heavy atom. The summed E-state index contributed by atoms with van der Waals surface area (Å²) in [6.07, 6.45) is 12.1. The molecule has 3 aromatic heterocycles. The Bertz CT molecular complexity index is 3560. The molecule has 0 saturated carbocycles. The third-order valence-electron chi connectivity index (χ3n) is 16.1. The summed E-state index contributed by atoms with van der Waals surface area (Å²) < 4.78 is 0. The predicted molar refractivity (Wildman–Crippen MR) is 365 cm³/mol. The van der Waals surface area contributed by atoms with Crippen molar-refractivity contribution in [3.8, 4) is 0 Å². The maximum Gasteiger partial charge on any atom is 0.243 e. The average Bonchev–Trinajstić information content (AvgIpc) is 1.67. The zero-order chi connectivity index (χ0) is 67.9. The number of carbonyl (C=O) groups excluding carboxylic acids is 8. The largest absolute Gasteiger partial charge is 0.370 e. The van der Waals surface area contributed by atoms with Crippen molar-refractivity contribution in [2.45, 2.75) is 165 Å². The van der Waals surface area contributed by atoms with Crippen LogP contribution in [0.4, 0.5) is 0 Å². The molecule has 29 nitrogen and oxygen atoms in total. The van der Waals surface area contributed by atoms with E-state index in [-0.39, 0.29) is 101 Å². The van der Waals surface area contributed by atoms with E-state index in [2.05, 4.69) is 74.1 Å². The number of H-pyrrole nitrogens is 3. The molecule has 29 heteroatoms. The molecule has 0 spiro atoms. The van der Waals surface area contributed by atoms with Crippen molar-refractivity contribution in [3.05, 3.63) is 108 Å². The van der Waals surface area contributed by atoms with Gasteiger partial charge in [0.2, 0.25) is 47.3 Å². The van der Waals surface area contributed by atoms with Gasteiger partial charge < -0.3 is 98.0 Å². The molecule has 26 N–H and O–H groups in total. The average molecular weight is 1300 g/mol. The molecule has 0 fully saturated rings. The molecule has 0 aliphatic heterocycles. The Morgan fingerprint density at radius 1 is 0.404 bits per heavy atom. The molecule has 6 rings (SSSR count). The highest BCUT2D eigenvalue weighted by molar-refractivity contribution is 5.99. The van der Waals surface area contributed by atoms with Crippen molar-refractivity contribution in [2.75, 3.05) is 26.2 Å². The minimum atomic E-state index is -1.46. The number of amides is 8. The minimum Gasteiger partial charge on any atom is -0.370 e. The van der Waals surface area contributed by atoms with Crippen LogP contribution in [-0.4, -0.2) is 149 Å². The number of aromatic amines is 3. The number of nitrogens with two attached hydrogens (primary N) is 8. The number of aromatic nitrogens is 3. The van der Waals surface area contributed by atoms with Crippen molar-refractivity contribution in [2.24, 2.45) is 60.8 Å². The van der Waals surface area contributed by atoms with Gasteiger partial charge in [0, 0.05) is 103 Å². The number of aliphatic imine (C=N–C) groups is 3. The summed E-state index contributed by atoms with van der Waals surface area (Å²) in [7, 11) is 0. The molecule has 0 bridgehead atoms. The van der Waals surface area contributed by atoms with Crippen LogP contribution in [0.2, 0.25) is 0 Å². The van der Waals surface area contributed by atoms with Gasteiger partial charge in [-0.15, -0.1) is 0 Å². The van der Waals surface area contributed by atoms with Crippen LogP contribution < -0.4 is 83.1 Å². The zero-order valence-corrected chi connectivity index (χ0v) is 53.5. The minimum absolute atomic E-state index is 0.0358. The van der Waals surface area contributed by atoms with Crippen molar-refractivity contribution >= 4 is 97.8 Å². The number of guanidine groups is 3. The fraction of sp³-hybridized carbons (Fsp3) is 0.462. The van der Waals surface area contributed by atoms with E-state index < -0.39 is 83.6 Å². The fourth-order valence-corrected chi connectivity index (χ4v) is 11.0. The monoisotopic (exact) mass is 1300 g/mol. The van der Waals surface area contributed by atoms with E-state index in [0.29, 0.717) is 48.9 Å². The van der Waals surface area contributed by atoms with Crippen LogP contribution in [0.25, 0.3) is 32.7 Å². The summed E-state index contributed by atoms with van der Waals surface area (Å²) in [6, 6.07) is 12.9. The molecule has 0 aliphatic rings. The van der Waals surface area contributed by atoms with Gasteiger partial charge in [0.15, 0.2) is 17.9 Å². The second-order valence-electron chi connectivity index (χ2n) is 23.4. The van der Waals surface area contributed by atoms with E-state index in [0.717, 1.165) is 64.8 Å². The molecule has 94 heavy (non-hydrogen) atoms. The number of rotatable bonds is 42. The standard InChI is InChI=1S/C65H95N21O8/c1-2-3-4-5-6-28-55(87)74-29-14-13-25-49(56(67)88)81-60(92)53(34-40-37-79-47-23-11-8-19-43(40)47)85-58(90)51(27-17-32-77-65(72)73)83-62(94)54(35-41-38-80-48-24-12-9-20-44(41)48)86-59(91)50(26-16-31-76-64(70)71)82-61(93)52(33-39-36-78-46-22-10-7-18-42(39)46)84-57(89)45(66)21-15-30-75-63(68)69/h7-12,18-20,22-24,36-38,45,49-54,78-80H,2-6,13-17,21,25-35,66H2,1H3,(H2,67,88)(H,74,87)(H,81,92)(H,82,93)(H,83,94)(H,84,89)(H,85,90)(H,86,91)(H4,68,69,75)(H4,70,71,76)(H4,72,73,77)/t45-,49+,50+,51+,52+,53+,54+/m1/s1. The number of carbonyl (C=O) groups is 8. The van der Waals surface area contributed by atoms with Gasteiger partial charge in [0.05, 0.1) is 6.04 Å². The summed E-state index contributed by atoms with van der Waals surface area (Å²) in [5, 5.41) is 22.1. The van der Waals surface area contributed by atoms with Crippen LogP contribution in [0.1, 0.15) is 120 Å². The smallest absolute Gasteiger partial charge is 0.243 e. The number of benzene rings is 3. The van der Waals surface area contributed by atoms with Gasteiger partial charge in [-0.25, -0.2) is 0 Å². The predicted octanol–water partition coefficient (Wildman–Crippen LogP) is 0.688. The number of nitrogens with one attached hydrogen (secondary N) is 10. The quantitative estimate of drug-likeness (QED) is 0.0142. The topological polar surface area (TPSA) is 513 Å². The number of nitrogens with zero attached hydrogens (tertiary/aromatic N) is 3. The number of primary amides is 1. The molecule has 0 unspecified atom stereocenters. The fourth-order valence-electron chi connectivity index (χ4n) is 11.0. The van der Waals surface area contributed by atoms with Gasteiger partial charge in [-0.1, -0.05) is 87.2 Å². The van der Waals surface area contributed by atoms with Gasteiger partial charge in [0.1, 0.15) is 36.3 Å². The SMILES string of the molecule is CCCCCCCC(=O)NCCCC[C@H](NC(=O)[C@H](Cc1c[nH]c2ccccc12)NC(=O)[C@H](CCCN=C(N)N)NC(=O)[C@H](Cc1c[nH]c2ccccc12)NC(=O)[C@H](CCCN=C(N)N)NC(=O)[C@H](Cc1c[nH]c2ccccc12)NC(=O)[C@H](N)CCCN=C(N)N)C(N)=O. The second-order valence-corrected chi connectivity index (χ2v) is 23.4. The summed E-state index contributed by atoms with van der Waals surface area (Å²) in [5.41, 5.74) is 50.1. The van der Waals surface area contributed by atoms with Crippen molar-refractivity contribution in [1.82, 2.24) is 52.2 Å². The van der Waals surface area contributed by atoms with Gasteiger partial charge in [-0.3, -0.25) is 53.3 Å². The Labute approximate surface area is 546 Å². The normalized spacial score (nSPS) is 13.4. The number of hydrogen-bond acceptors (Lipinski definition) is 12. The molecule has 7 atom stereocenters. The second kappa shape index (κ2) is 38.0. The highest BCUT2D eigenvalue weighted by Gasteiger charge is 2.35. The van der Waals surface area contributed by atoms with E-state index in [1.165, 1.54) is 0 Å². The van der Waals surface area contributed by atoms with Crippen LogP contribution in [0, 0.1) is 0 Å². The van der Waals surface area contributed by atoms with Crippen molar-refractivity contribution in [3.63, 3.8) is 0 Å². The van der Waals surface area contributed by atoms with E-state index in [1.807, 2.05) is 72.8 Å². The van der Waals surface area contributed by atoms with Gasteiger partial charge in [-0.2, -0.15) is 0 Å². The first kappa shape index (κ1) is 72.9. The van der Waals surface area contributed by atoms with Crippen LogP contribution in [0.5, 0.6) is 0 Å². The van der Waals surface area contributed by atoms with E-state index in [1.54, 1.807) is 18.6 Å². The van der Waals surface area contributed by atoms with Crippen molar-refractivity contribution in [1.29, 1.82) is 0 Å². The molecule has 508 valence electrons. The maximum absolute atomic E-state index is 15.2. The van der Waals surface area contributed by atoms with E-state index >= 15 is 14.4 Å². The zero-order valence-electron chi connectivity index (χ0n) is 53.5. The Morgan fingerprint density at radius 3 is 1.16 bits per heavy atom. The van der Waals surface area contributed by atoms with Crippen LogP contribution >= 0.6 is 0 Å². The lowest BCUT2D eigenvalue weighted by atomic mass is 10.0. The first-order chi connectivity index (χ1) is 45.2. The highest BCUT2D eigenvalue weighted by Crippen LogP contribution is 2.23. The molecule has 0 saturated heterocycles. The lowest BCUT2D eigenvalue weighted by Crippen LogP contribution is -2.60. The molecular weight excluding hydrogens is 1200 g/mol. The third kappa shape index (κ3) is 23.8. The third-order valence-corrected chi connectivity index (χ3v) is 16.1. The summed E-state index contributed by atoms with van der Waals surface area (Å²) >= 11 is 0. The highest BCUT2D eigenvalue weighted by atomic mass is 16.2. The Kier molecular flexibility index (Phi) is 29.4. The molecule has 3 aromatic carbocycles. The van der Waals surface area contributed by atoms with E-state index in [4.69, 9.17) is 45.9 Å². The van der Waals surface area contributed by atoms with Gasteiger partial charge in [-0.05, 0) is 99.1 Å². The summed E-state index contributed by atoms with van der Waals surface area (Å²) in [4.78, 5) is 136. The molecular formula is C65H95N21O8. The van der Waals surface area contributed by atoms with Crippen molar-refractivity contribution < 1.29 is 38.4 Å². The number of unbranched alkanes of at least 4 members (excludes halogenated alkanes) is 5. The maximum atomic E-state index is 15.2. The first-order valence-corrected chi connectivity index (χ1v) is 32.2. The Hall–Kier alpha value is -10.2. The summed E-state index contributed by atoms with van der Waals surface area (Å²) in [6.45, 7) is 2.79. The molecule has 0 aliphatic carbocycles. The molecule has 6 aromatic rings. The lowest BCUT2D eigenvalue weighted by Gasteiger charge is -2.28. The van der Waals surface area contributed by atoms with Crippen LogP contribution in [-0.2, 0) is 57.6 Å². The molecule has 3 heterocycles. The number of fused-ring (bicyclic) bond motifs is 3. The van der Waals surface area contributed by atoms with E-state index in [9.17, 15) is 24.0 Å². The number of para-hydroxylation sites is 3. The van der Waals surface area contributed by atoms with Crippen LogP contribution in [0.3, 0.4) is 0 Å².